The van der Waals surface area contributed by atoms with Gasteiger partial charge in [-0.2, -0.15) is 0 Å². The van der Waals surface area contributed by atoms with E-state index in [1.807, 2.05) is 24.3 Å². The summed E-state index contributed by atoms with van der Waals surface area (Å²) in [6.45, 7) is 0.339. The Labute approximate surface area is 156 Å². The molecule has 1 aromatic carbocycles. The van der Waals surface area contributed by atoms with Gasteiger partial charge >= 0.3 is 0 Å². The Morgan fingerprint density at radius 3 is 3.08 bits per heavy atom. The molecule has 0 saturated heterocycles. The smallest absolute Gasteiger partial charge is 0.189 e. The Morgan fingerprint density at radius 1 is 1.24 bits per heavy atom. The second-order valence-electron chi connectivity index (χ2n) is 6.18. The molecule has 7 heteroatoms. The average Bonchev–Trinajstić information content (AvgIpc) is 3.20. The highest BCUT2D eigenvalue weighted by Gasteiger charge is 2.20. The minimum atomic E-state index is 0.339. The van der Waals surface area contributed by atoms with Gasteiger partial charge in [-0.25, -0.2) is 14.5 Å². The van der Waals surface area contributed by atoms with Crippen molar-refractivity contribution in [2.75, 3.05) is 0 Å². The number of halogens is 1. The van der Waals surface area contributed by atoms with Gasteiger partial charge in [0.1, 0.15) is 23.5 Å². The Hall–Kier alpha value is -1.99. The molecule has 3 aromatic heterocycles. The van der Waals surface area contributed by atoms with Gasteiger partial charge in [-0.1, -0.05) is 22.0 Å². The van der Waals surface area contributed by atoms with Crippen LogP contribution in [0.2, 0.25) is 0 Å². The minimum absolute atomic E-state index is 0.339. The fraction of sp³-hybridized carbons (Fsp3) is 0.278. The highest BCUT2D eigenvalue weighted by Crippen LogP contribution is 2.36. The molecule has 126 valence electrons. The Kier molecular flexibility index (Phi) is 3.71. The SMILES string of the molecule is Brc1cccc(OCc2nc3c4c5c(sc4ncn3n2)CCCC5)c1. The third kappa shape index (κ3) is 2.71. The van der Waals surface area contributed by atoms with Crippen molar-refractivity contribution < 1.29 is 4.74 Å². The summed E-state index contributed by atoms with van der Waals surface area (Å²) in [5.41, 5.74) is 2.33. The normalized spacial score (nSPS) is 14.1. The fourth-order valence-corrected chi connectivity index (χ4v) is 4.97. The van der Waals surface area contributed by atoms with Gasteiger partial charge in [-0.15, -0.1) is 16.4 Å². The maximum absolute atomic E-state index is 5.82. The number of aryl methyl sites for hydroxylation is 2. The van der Waals surface area contributed by atoms with E-state index in [1.165, 1.54) is 28.7 Å². The summed E-state index contributed by atoms with van der Waals surface area (Å²) in [4.78, 5) is 11.9. The van der Waals surface area contributed by atoms with Gasteiger partial charge in [-0.3, -0.25) is 0 Å². The number of fused-ring (bicyclic) bond motifs is 5. The van der Waals surface area contributed by atoms with E-state index in [1.54, 1.807) is 22.2 Å². The summed E-state index contributed by atoms with van der Waals surface area (Å²) in [6.07, 6.45) is 6.56. The van der Waals surface area contributed by atoms with Gasteiger partial charge in [0.15, 0.2) is 11.5 Å². The van der Waals surface area contributed by atoms with E-state index in [0.29, 0.717) is 12.4 Å². The quantitative estimate of drug-likeness (QED) is 0.492. The Balaban J connectivity index is 1.52. The van der Waals surface area contributed by atoms with Gasteiger partial charge in [0, 0.05) is 9.35 Å². The van der Waals surface area contributed by atoms with Crippen LogP contribution in [0.3, 0.4) is 0 Å². The number of hydrogen-bond donors (Lipinski definition) is 0. The maximum Gasteiger partial charge on any atom is 0.189 e. The van der Waals surface area contributed by atoms with Crippen molar-refractivity contribution in [2.45, 2.75) is 32.3 Å². The lowest BCUT2D eigenvalue weighted by molar-refractivity contribution is 0.296. The van der Waals surface area contributed by atoms with Crippen molar-refractivity contribution in [3.8, 4) is 5.75 Å². The molecule has 0 unspecified atom stereocenters. The minimum Gasteiger partial charge on any atom is -0.485 e. The second kappa shape index (κ2) is 6.07. The second-order valence-corrected chi connectivity index (χ2v) is 8.18. The van der Waals surface area contributed by atoms with E-state index < -0.39 is 0 Å². The van der Waals surface area contributed by atoms with Crippen LogP contribution < -0.4 is 4.74 Å². The van der Waals surface area contributed by atoms with Crippen LogP contribution in [0.15, 0.2) is 35.1 Å². The summed E-state index contributed by atoms with van der Waals surface area (Å²) < 4.78 is 8.59. The third-order valence-corrected chi connectivity index (χ3v) is 6.19. The van der Waals surface area contributed by atoms with Crippen molar-refractivity contribution in [1.29, 1.82) is 0 Å². The molecule has 5 rings (SSSR count). The van der Waals surface area contributed by atoms with Crippen LogP contribution in [0, 0.1) is 0 Å². The molecule has 0 radical (unpaired) electrons. The molecular formula is C18H15BrN4OS. The van der Waals surface area contributed by atoms with Gasteiger partial charge in [0.2, 0.25) is 0 Å². The predicted molar refractivity (Wildman–Crippen MR) is 101 cm³/mol. The molecule has 0 fully saturated rings. The molecule has 0 atom stereocenters. The van der Waals surface area contributed by atoms with E-state index in [4.69, 9.17) is 9.72 Å². The van der Waals surface area contributed by atoms with Crippen molar-refractivity contribution in [3.05, 3.63) is 51.3 Å². The predicted octanol–water partition coefficient (Wildman–Crippen LogP) is 4.56. The van der Waals surface area contributed by atoms with Crippen LogP contribution in [0.25, 0.3) is 15.9 Å². The first-order chi connectivity index (χ1) is 12.3. The van der Waals surface area contributed by atoms with Crippen molar-refractivity contribution in [3.63, 3.8) is 0 Å². The summed E-state index contributed by atoms with van der Waals surface area (Å²) in [7, 11) is 0. The first-order valence-corrected chi connectivity index (χ1v) is 9.92. The number of benzene rings is 1. The van der Waals surface area contributed by atoms with Gasteiger partial charge < -0.3 is 4.74 Å². The van der Waals surface area contributed by atoms with Gasteiger partial charge in [0.05, 0.1) is 5.39 Å². The molecule has 0 saturated carbocycles. The first-order valence-electron chi connectivity index (χ1n) is 8.31. The molecule has 1 aliphatic rings. The van der Waals surface area contributed by atoms with Crippen LogP contribution in [-0.4, -0.2) is 19.6 Å². The van der Waals surface area contributed by atoms with Crippen molar-refractivity contribution in [2.24, 2.45) is 0 Å². The van der Waals surface area contributed by atoms with Crippen LogP contribution >= 0.6 is 27.3 Å². The molecular weight excluding hydrogens is 400 g/mol. The molecule has 25 heavy (non-hydrogen) atoms. The third-order valence-electron chi connectivity index (χ3n) is 4.50. The molecule has 0 bridgehead atoms. The number of nitrogens with zero attached hydrogens (tertiary/aromatic N) is 4. The van der Waals surface area contributed by atoms with Crippen molar-refractivity contribution in [1.82, 2.24) is 19.6 Å². The Bertz CT molecular complexity index is 1090. The first kappa shape index (κ1) is 15.3. The number of hydrogen-bond acceptors (Lipinski definition) is 5. The fourth-order valence-electron chi connectivity index (χ4n) is 3.36. The van der Waals surface area contributed by atoms with Gasteiger partial charge in [-0.05, 0) is 49.4 Å². The molecule has 1 aliphatic carbocycles. The van der Waals surface area contributed by atoms with Crippen LogP contribution in [-0.2, 0) is 19.4 Å². The van der Waals surface area contributed by atoms with E-state index in [-0.39, 0.29) is 0 Å². The number of ether oxygens (including phenoxy) is 1. The number of aromatic nitrogens is 4. The zero-order valence-corrected chi connectivity index (χ0v) is 15.8. The monoisotopic (exact) mass is 414 g/mol. The molecule has 3 heterocycles. The maximum atomic E-state index is 5.82. The zero-order chi connectivity index (χ0) is 16.8. The molecule has 0 spiro atoms. The average molecular weight is 415 g/mol. The molecule has 4 aromatic rings. The molecule has 0 N–H and O–H groups in total. The summed E-state index contributed by atoms with van der Waals surface area (Å²) in [5, 5.41) is 5.72. The topological polar surface area (TPSA) is 52.3 Å². The van der Waals surface area contributed by atoms with Crippen LogP contribution in [0.1, 0.15) is 29.1 Å². The van der Waals surface area contributed by atoms with E-state index in [9.17, 15) is 0 Å². The number of rotatable bonds is 3. The standard InChI is InChI=1S/C18H15BrN4OS/c19-11-4-3-5-12(8-11)24-9-15-21-17-16-13-6-1-2-7-14(13)25-18(16)20-10-23(17)22-15/h3-5,8,10H,1-2,6-7,9H2. The largest absolute Gasteiger partial charge is 0.485 e. The van der Waals surface area contributed by atoms with E-state index >= 15 is 0 Å². The number of thiophene rings is 1. The van der Waals surface area contributed by atoms with E-state index in [2.05, 4.69) is 26.0 Å². The molecule has 0 aliphatic heterocycles. The van der Waals surface area contributed by atoms with E-state index in [0.717, 1.165) is 33.5 Å². The van der Waals surface area contributed by atoms with Crippen LogP contribution in [0.4, 0.5) is 0 Å². The Morgan fingerprint density at radius 2 is 2.16 bits per heavy atom. The molecule has 5 nitrogen and oxygen atoms in total. The summed E-state index contributed by atoms with van der Waals surface area (Å²) in [6, 6.07) is 7.78. The zero-order valence-electron chi connectivity index (χ0n) is 13.4. The van der Waals surface area contributed by atoms with Crippen molar-refractivity contribution >= 4 is 43.1 Å². The highest BCUT2D eigenvalue weighted by molar-refractivity contribution is 9.10. The summed E-state index contributed by atoms with van der Waals surface area (Å²) in [5.74, 6) is 1.47. The lowest BCUT2D eigenvalue weighted by Crippen LogP contribution is -1.99. The lowest BCUT2D eigenvalue weighted by Gasteiger charge is -2.09. The van der Waals surface area contributed by atoms with Gasteiger partial charge in [0.25, 0.3) is 0 Å². The highest BCUT2D eigenvalue weighted by atomic mass is 79.9. The van der Waals surface area contributed by atoms with Crippen LogP contribution in [0.5, 0.6) is 5.75 Å². The summed E-state index contributed by atoms with van der Waals surface area (Å²) >= 11 is 5.26. The molecule has 0 amide bonds. The lowest BCUT2D eigenvalue weighted by atomic mass is 9.97.